The van der Waals surface area contributed by atoms with Gasteiger partial charge in [0.2, 0.25) is 0 Å². The number of hydrogen-bond acceptors (Lipinski definition) is 5. The van der Waals surface area contributed by atoms with Gasteiger partial charge in [-0.05, 0) is 32.2 Å². The molecule has 5 nitrogen and oxygen atoms in total. The van der Waals surface area contributed by atoms with Crippen molar-refractivity contribution in [2.45, 2.75) is 6.92 Å². The maximum atomic E-state index is 13.7. The number of carbonyl (C=O) groups is 1. The normalized spacial score (nSPS) is 15.7. The quantitative estimate of drug-likeness (QED) is 0.937. The van der Waals surface area contributed by atoms with Gasteiger partial charge in [-0.3, -0.25) is 10.1 Å². The van der Waals surface area contributed by atoms with E-state index < -0.39 is 5.82 Å². The lowest BCUT2D eigenvalue weighted by Gasteiger charge is -2.35. The number of anilines is 2. The zero-order valence-electron chi connectivity index (χ0n) is 13.2. The lowest BCUT2D eigenvalue weighted by Crippen LogP contribution is -2.45. The number of amides is 1. The Bertz CT molecular complexity index is 710. The van der Waals surface area contributed by atoms with Crippen LogP contribution >= 0.6 is 11.3 Å². The number of benzene rings is 1. The molecule has 1 saturated heterocycles. The molecule has 1 aliphatic heterocycles. The fraction of sp³-hybridized carbons (Fsp3) is 0.375. The number of nitrogens with one attached hydrogen (secondary N) is 1. The third kappa shape index (κ3) is 3.68. The van der Waals surface area contributed by atoms with Gasteiger partial charge in [0, 0.05) is 42.9 Å². The third-order valence-electron chi connectivity index (χ3n) is 3.89. The summed E-state index contributed by atoms with van der Waals surface area (Å²) in [5.74, 6) is -0.740. The molecule has 0 atom stereocenters. The molecule has 3 rings (SSSR count). The predicted molar refractivity (Wildman–Crippen MR) is 90.9 cm³/mol. The molecular weight excluding hydrogens is 315 g/mol. The van der Waals surface area contributed by atoms with Crippen LogP contribution in [0.1, 0.15) is 15.2 Å². The molecule has 1 amide bonds. The van der Waals surface area contributed by atoms with Gasteiger partial charge in [0.25, 0.3) is 5.91 Å². The minimum atomic E-state index is -0.414. The van der Waals surface area contributed by atoms with Crippen LogP contribution in [0.4, 0.5) is 15.2 Å². The van der Waals surface area contributed by atoms with Gasteiger partial charge in [-0.1, -0.05) is 0 Å². The van der Waals surface area contributed by atoms with Crippen LogP contribution in [0.25, 0.3) is 0 Å². The summed E-state index contributed by atoms with van der Waals surface area (Å²) in [6.07, 6.45) is 1.70. The Morgan fingerprint density at radius 1 is 1.30 bits per heavy atom. The molecule has 1 fully saturated rings. The molecule has 0 saturated carbocycles. The molecule has 2 heterocycles. The minimum Gasteiger partial charge on any atom is -0.368 e. The van der Waals surface area contributed by atoms with E-state index >= 15 is 0 Å². The largest absolute Gasteiger partial charge is 0.368 e. The van der Waals surface area contributed by atoms with Crippen molar-refractivity contribution in [3.8, 4) is 0 Å². The highest BCUT2D eigenvalue weighted by Crippen LogP contribution is 2.25. The van der Waals surface area contributed by atoms with Crippen molar-refractivity contribution < 1.29 is 9.18 Å². The number of thiazole rings is 1. The fourth-order valence-electron chi connectivity index (χ4n) is 2.59. The molecule has 0 aliphatic carbocycles. The SMILES string of the molecule is Cc1cnc(NC(=O)c2cc(F)ccc2N2CCN(C)CC2)s1. The molecule has 1 aliphatic rings. The maximum absolute atomic E-state index is 13.7. The smallest absolute Gasteiger partial charge is 0.259 e. The molecule has 1 N–H and O–H groups in total. The summed E-state index contributed by atoms with van der Waals surface area (Å²) >= 11 is 1.40. The van der Waals surface area contributed by atoms with Crippen LogP contribution in [0.2, 0.25) is 0 Å². The first-order valence-electron chi connectivity index (χ1n) is 7.50. The van der Waals surface area contributed by atoms with E-state index in [1.165, 1.54) is 23.5 Å². The van der Waals surface area contributed by atoms with Crippen LogP contribution in [0, 0.1) is 12.7 Å². The van der Waals surface area contributed by atoms with E-state index in [1.807, 2.05) is 6.92 Å². The van der Waals surface area contributed by atoms with E-state index in [1.54, 1.807) is 12.3 Å². The van der Waals surface area contributed by atoms with E-state index in [4.69, 9.17) is 0 Å². The average molecular weight is 334 g/mol. The highest BCUT2D eigenvalue weighted by atomic mass is 32.1. The molecule has 7 heteroatoms. The fourth-order valence-corrected chi connectivity index (χ4v) is 3.25. The monoisotopic (exact) mass is 334 g/mol. The Morgan fingerprint density at radius 2 is 2.04 bits per heavy atom. The highest BCUT2D eigenvalue weighted by Gasteiger charge is 2.21. The molecular formula is C16H19FN4OS. The van der Waals surface area contributed by atoms with Crippen molar-refractivity contribution in [3.63, 3.8) is 0 Å². The first kappa shape index (κ1) is 15.9. The Balaban J connectivity index is 1.85. The Hall–Kier alpha value is -1.99. The number of halogens is 1. The van der Waals surface area contributed by atoms with Crippen molar-refractivity contribution in [1.29, 1.82) is 0 Å². The summed E-state index contributed by atoms with van der Waals surface area (Å²) in [6, 6.07) is 4.38. The molecule has 0 radical (unpaired) electrons. The molecule has 0 bridgehead atoms. The first-order chi connectivity index (χ1) is 11.0. The average Bonchev–Trinajstić information content (AvgIpc) is 2.93. The lowest BCUT2D eigenvalue weighted by molar-refractivity contribution is 0.102. The highest BCUT2D eigenvalue weighted by molar-refractivity contribution is 7.15. The summed E-state index contributed by atoms with van der Waals surface area (Å²) in [4.78, 5) is 22.1. The van der Waals surface area contributed by atoms with Crippen LogP contribution in [0.15, 0.2) is 24.4 Å². The number of hydrogen-bond donors (Lipinski definition) is 1. The second-order valence-corrected chi connectivity index (χ2v) is 6.92. The number of piperazine rings is 1. The summed E-state index contributed by atoms with van der Waals surface area (Å²) in [5, 5.41) is 3.29. The second kappa shape index (κ2) is 6.64. The molecule has 0 spiro atoms. The van der Waals surface area contributed by atoms with E-state index in [0.717, 1.165) is 36.7 Å². The summed E-state index contributed by atoms with van der Waals surface area (Å²) in [5.41, 5.74) is 1.12. The van der Waals surface area contributed by atoms with E-state index in [0.29, 0.717) is 10.7 Å². The molecule has 1 aromatic carbocycles. The second-order valence-electron chi connectivity index (χ2n) is 5.68. The van der Waals surface area contributed by atoms with Crippen LogP contribution in [-0.2, 0) is 0 Å². The standard InChI is InChI=1S/C16H19FN4OS/c1-11-10-18-16(23-11)19-15(22)13-9-12(17)3-4-14(13)21-7-5-20(2)6-8-21/h3-4,9-10H,5-8H2,1-2H3,(H,18,19,22). The van der Waals surface area contributed by atoms with Crippen molar-refractivity contribution in [1.82, 2.24) is 9.88 Å². The van der Waals surface area contributed by atoms with Crippen molar-refractivity contribution in [2.24, 2.45) is 0 Å². The molecule has 0 unspecified atom stereocenters. The van der Waals surface area contributed by atoms with Gasteiger partial charge in [0.1, 0.15) is 5.82 Å². The summed E-state index contributed by atoms with van der Waals surface area (Å²) in [6.45, 7) is 5.40. The first-order valence-corrected chi connectivity index (χ1v) is 8.31. The maximum Gasteiger partial charge on any atom is 0.259 e. The Morgan fingerprint density at radius 3 is 2.70 bits per heavy atom. The van der Waals surface area contributed by atoms with Gasteiger partial charge in [-0.2, -0.15) is 0 Å². The van der Waals surface area contributed by atoms with Crippen molar-refractivity contribution in [2.75, 3.05) is 43.4 Å². The van der Waals surface area contributed by atoms with Gasteiger partial charge in [0.05, 0.1) is 5.56 Å². The molecule has 122 valence electrons. The topological polar surface area (TPSA) is 48.5 Å². The summed E-state index contributed by atoms with van der Waals surface area (Å²) in [7, 11) is 2.07. The number of likely N-dealkylation sites (N-methyl/N-ethyl adjacent to an activating group) is 1. The van der Waals surface area contributed by atoms with Gasteiger partial charge in [-0.25, -0.2) is 9.37 Å². The van der Waals surface area contributed by atoms with Crippen LogP contribution in [0.3, 0.4) is 0 Å². The molecule has 2 aromatic rings. The molecule has 1 aromatic heterocycles. The number of aryl methyl sites for hydroxylation is 1. The number of aromatic nitrogens is 1. The van der Waals surface area contributed by atoms with Crippen molar-refractivity contribution >= 4 is 28.1 Å². The Labute approximate surface area is 138 Å². The number of rotatable bonds is 3. The minimum absolute atomic E-state index is 0.326. The van der Waals surface area contributed by atoms with Gasteiger partial charge >= 0.3 is 0 Å². The zero-order chi connectivity index (χ0) is 16.4. The predicted octanol–water partition coefficient (Wildman–Crippen LogP) is 2.59. The third-order valence-corrected chi connectivity index (χ3v) is 4.72. The van der Waals surface area contributed by atoms with Gasteiger partial charge in [0.15, 0.2) is 5.13 Å². The lowest BCUT2D eigenvalue weighted by atomic mass is 10.1. The van der Waals surface area contributed by atoms with E-state index in [9.17, 15) is 9.18 Å². The zero-order valence-corrected chi connectivity index (χ0v) is 14.0. The van der Waals surface area contributed by atoms with E-state index in [-0.39, 0.29) is 5.91 Å². The number of nitrogens with zero attached hydrogens (tertiary/aromatic N) is 3. The van der Waals surface area contributed by atoms with Crippen molar-refractivity contribution in [3.05, 3.63) is 40.7 Å². The van der Waals surface area contributed by atoms with Crippen LogP contribution in [0.5, 0.6) is 0 Å². The summed E-state index contributed by atoms with van der Waals surface area (Å²) < 4.78 is 13.7. The van der Waals surface area contributed by atoms with E-state index in [2.05, 4.69) is 27.1 Å². The number of carbonyl (C=O) groups excluding carboxylic acids is 1. The van der Waals surface area contributed by atoms with Crippen LogP contribution in [-0.4, -0.2) is 49.0 Å². The van der Waals surface area contributed by atoms with Crippen LogP contribution < -0.4 is 10.2 Å². The molecule has 23 heavy (non-hydrogen) atoms. The Kier molecular flexibility index (Phi) is 4.58. The van der Waals surface area contributed by atoms with Gasteiger partial charge in [-0.15, -0.1) is 11.3 Å². The van der Waals surface area contributed by atoms with Gasteiger partial charge < -0.3 is 9.80 Å².